The maximum absolute atomic E-state index is 14.1. The van der Waals surface area contributed by atoms with E-state index in [4.69, 9.17) is 0 Å². The predicted octanol–water partition coefficient (Wildman–Crippen LogP) is 6.71. The summed E-state index contributed by atoms with van der Waals surface area (Å²) in [4.78, 5) is 92.2. The fraction of sp³-hybridized carbons (Fsp3) is 0.455. The second-order valence-corrected chi connectivity index (χ2v) is 22.0. The van der Waals surface area contributed by atoms with Gasteiger partial charge in [0.1, 0.15) is 12.1 Å². The van der Waals surface area contributed by atoms with Crippen molar-refractivity contribution in [1.82, 2.24) is 51.1 Å². The number of rotatable bonds is 19. The summed E-state index contributed by atoms with van der Waals surface area (Å²) in [5.41, 5.74) is 7.23. The third-order valence-electron chi connectivity index (χ3n) is 13.8. The molecule has 3 aromatic carbocycles. The molecule has 5 aromatic rings. The monoisotopic (exact) mass is 1050 g/mol. The van der Waals surface area contributed by atoms with Crippen LogP contribution in [-0.4, -0.2) is 122 Å². The number of ketones is 1. The number of aliphatic hydroxyl groups excluding tert-OH is 1. The molecule has 2 aliphatic heterocycles. The lowest BCUT2D eigenvalue weighted by atomic mass is 9.85. The molecule has 0 saturated carbocycles. The number of unbranched alkanes of at least 4 members (excludes halogenated alkanes) is 1. The largest absolute Gasteiger partial charge is 0.391 e. The maximum Gasteiger partial charge on any atom is 0.319 e. The number of likely N-dealkylation sites (N-methyl/N-ethyl adjacent to an activating group) is 1. The summed E-state index contributed by atoms with van der Waals surface area (Å²) in [6, 6.07) is 21.5. The molecule has 1 fully saturated rings. The number of aromatic nitrogens is 3. The number of thiazole rings is 1. The van der Waals surface area contributed by atoms with Crippen molar-refractivity contribution in [3.63, 3.8) is 0 Å². The molecule has 2 aliphatic rings. The molecule has 0 spiro atoms. The molecule has 0 bridgehead atoms. The molecule has 7 rings (SSSR count). The van der Waals surface area contributed by atoms with Crippen molar-refractivity contribution in [3.05, 3.63) is 129 Å². The number of aliphatic hydroxyl groups is 1. The van der Waals surface area contributed by atoms with Crippen LogP contribution in [0.4, 0.5) is 4.79 Å². The van der Waals surface area contributed by atoms with Gasteiger partial charge in [-0.1, -0.05) is 87.5 Å². The number of hydrogen-bond acceptors (Lipinski definition) is 11. The SMILES string of the molecule is Cc1ncsc1-c1ccc([C@H](C)NC(=O)[C@@H]2C[C@@H](O)CN2C(=O)[C@@H](NC(=O)CCCCNC(=O)c2ccc(C(=O)Cc3[nH]nc4c3CN(C(=O)N[C@H](CN(C)C)c3ccccc3)C4(C)C)cc2)C(C)(C)C)cc1.S. The summed E-state index contributed by atoms with van der Waals surface area (Å²) < 4.78 is 0. The van der Waals surface area contributed by atoms with Crippen LogP contribution in [-0.2, 0) is 32.9 Å². The number of Topliss-reactive ketones (excluding diaryl/α,β-unsaturated/α-hetero) is 1. The van der Waals surface area contributed by atoms with Crippen molar-refractivity contribution >= 4 is 60.3 Å². The summed E-state index contributed by atoms with van der Waals surface area (Å²) in [7, 11) is 3.93. The maximum atomic E-state index is 14.1. The van der Waals surface area contributed by atoms with Crippen molar-refractivity contribution in [2.24, 2.45) is 5.41 Å². The summed E-state index contributed by atoms with van der Waals surface area (Å²) in [5, 5.41) is 30.3. The summed E-state index contributed by atoms with van der Waals surface area (Å²) in [5.74, 6) is -1.66. The first-order valence-corrected chi connectivity index (χ1v) is 25.8. The molecule has 74 heavy (non-hydrogen) atoms. The number of urea groups is 1. The molecule has 6 N–H and O–H groups in total. The average molecular weight is 1050 g/mol. The second kappa shape index (κ2) is 24.3. The minimum atomic E-state index is -0.960. The second-order valence-electron chi connectivity index (χ2n) is 21.1. The molecule has 5 atom stereocenters. The fourth-order valence-corrected chi connectivity index (χ4v) is 10.4. The highest BCUT2D eigenvalue weighted by molar-refractivity contribution is 7.59. The molecular formula is C55H72N10O7S2. The number of carbonyl (C=O) groups excluding carboxylic acids is 6. The Kier molecular flexibility index (Phi) is 18.7. The van der Waals surface area contributed by atoms with Crippen molar-refractivity contribution in [2.75, 3.05) is 33.7 Å². The number of β-amino-alcohol motifs (C(OH)–C–C–N with tert-alkyl or cyclic N) is 1. The minimum absolute atomic E-state index is 0. The van der Waals surface area contributed by atoms with Crippen LogP contribution in [0.2, 0.25) is 0 Å². The molecule has 0 radical (unpaired) electrons. The van der Waals surface area contributed by atoms with Crippen LogP contribution in [0, 0.1) is 12.3 Å². The van der Waals surface area contributed by atoms with Crippen LogP contribution in [0.5, 0.6) is 0 Å². The van der Waals surface area contributed by atoms with Crippen LogP contribution in [0.15, 0.2) is 84.4 Å². The van der Waals surface area contributed by atoms with Gasteiger partial charge in [-0.15, -0.1) is 11.3 Å². The molecule has 4 heterocycles. The molecular weight excluding hydrogens is 977 g/mol. The van der Waals surface area contributed by atoms with Crippen molar-refractivity contribution in [1.29, 1.82) is 0 Å². The number of nitrogens with one attached hydrogen (secondary N) is 5. The lowest BCUT2D eigenvalue weighted by Crippen LogP contribution is -2.57. The number of carbonyl (C=O) groups is 6. The zero-order chi connectivity index (χ0) is 52.8. The third-order valence-corrected chi connectivity index (χ3v) is 14.8. The number of hydrogen-bond donors (Lipinski definition) is 6. The van der Waals surface area contributed by atoms with Gasteiger partial charge in [0.05, 0.1) is 58.5 Å². The van der Waals surface area contributed by atoms with Gasteiger partial charge in [-0.2, -0.15) is 18.6 Å². The van der Waals surface area contributed by atoms with E-state index >= 15 is 0 Å². The van der Waals surface area contributed by atoms with Crippen LogP contribution in [0.1, 0.15) is 134 Å². The van der Waals surface area contributed by atoms with Gasteiger partial charge in [0.15, 0.2) is 5.78 Å². The van der Waals surface area contributed by atoms with Gasteiger partial charge in [-0.3, -0.25) is 29.1 Å². The average Bonchev–Trinajstić information content (AvgIpc) is 4.14. The van der Waals surface area contributed by atoms with Crippen molar-refractivity contribution in [2.45, 2.75) is 123 Å². The molecule has 0 aliphatic carbocycles. The highest BCUT2D eigenvalue weighted by Crippen LogP contribution is 2.39. The van der Waals surface area contributed by atoms with Crippen molar-refractivity contribution < 1.29 is 33.9 Å². The highest BCUT2D eigenvalue weighted by atomic mass is 32.1. The smallest absolute Gasteiger partial charge is 0.319 e. The number of fused-ring (bicyclic) bond motifs is 1. The van der Waals surface area contributed by atoms with E-state index in [1.807, 2.05) is 128 Å². The lowest BCUT2D eigenvalue weighted by molar-refractivity contribution is -0.144. The van der Waals surface area contributed by atoms with Crippen LogP contribution in [0.25, 0.3) is 10.4 Å². The molecule has 19 heteroatoms. The standard InChI is InChI=1S/C55H70N10O7S.H2S/c1-33(35-18-22-38(23-19-35)47-34(2)57-32-73-47)58-51(70)44-27-40(66)29-64(44)52(71)49(54(3,4)5)60-46(68)17-13-14-26-56-50(69)39-24-20-37(21-25-39)45(67)28-42-41-30-65(55(6,7)48(41)62-61-42)53(72)59-43(31-63(8)9)36-15-11-10-12-16-36;/h10-12,15-16,18-25,32-33,40,43-44,49,66H,13-14,17,26-31H2,1-9H3,(H,56,69)(H,58,70)(H,59,72)(H,60,68)(H,61,62);1H2/t33-,40+,43+,44-,49+;/m0./s1. The van der Waals surface area contributed by atoms with E-state index in [0.717, 1.165) is 32.8 Å². The Morgan fingerprint density at radius 2 is 1.58 bits per heavy atom. The highest BCUT2D eigenvalue weighted by Gasteiger charge is 2.46. The predicted molar refractivity (Wildman–Crippen MR) is 291 cm³/mol. The van der Waals surface area contributed by atoms with Gasteiger partial charge in [0, 0.05) is 54.9 Å². The Morgan fingerprint density at radius 1 is 0.905 bits per heavy atom. The number of aromatic amines is 1. The van der Waals surface area contributed by atoms with E-state index in [1.165, 1.54) is 4.90 Å². The molecule has 6 amide bonds. The summed E-state index contributed by atoms with van der Waals surface area (Å²) >= 11 is 1.57. The molecule has 396 valence electrons. The molecule has 2 aromatic heterocycles. The van der Waals surface area contributed by atoms with Crippen LogP contribution >= 0.6 is 24.8 Å². The van der Waals surface area contributed by atoms with E-state index in [2.05, 4.69) is 36.4 Å². The number of nitrogens with zero attached hydrogens (tertiary/aromatic N) is 5. The lowest BCUT2D eigenvalue weighted by Gasteiger charge is -2.35. The summed E-state index contributed by atoms with van der Waals surface area (Å²) in [6.07, 6.45) is 0.248. The number of H-pyrrole nitrogens is 1. The van der Waals surface area contributed by atoms with Gasteiger partial charge < -0.3 is 41.1 Å². The zero-order valence-electron chi connectivity index (χ0n) is 43.9. The minimum Gasteiger partial charge on any atom is -0.391 e. The van der Waals surface area contributed by atoms with Gasteiger partial charge in [0.2, 0.25) is 17.7 Å². The van der Waals surface area contributed by atoms with E-state index in [1.54, 1.807) is 40.5 Å². The van der Waals surface area contributed by atoms with Gasteiger partial charge in [-0.25, -0.2) is 9.78 Å². The van der Waals surface area contributed by atoms with E-state index < -0.39 is 35.0 Å². The molecule has 17 nitrogen and oxygen atoms in total. The molecule has 0 unspecified atom stereocenters. The first-order valence-electron chi connectivity index (χ1n) is 25.0. The number of amides is 6. The first-order chi connectivity index (χ1) is 34.6. The third kappa shape index (κ3) is 13.5. The number of likely N-dealkylation sites (tertiary alicyclic amines) is 1. The Balaban J connectivity index is 0.00000892. The van der Waals surface area contributed by atoms with Gasteiger partial charge in [0.25, 0.3) is 5.91 Å². The Labute approximate surface area is 445 Å². The van der Waals surface area contributed by atoms with E-state index in [-0.39, 0.29) is 87.5 Å². The first kappa shape index (κ1) is 56.9. The zero-order valence-corrected chi connectivity index (χ0v) is 45.7. The Morgan fingerprint density at radius 3 is 2.22 bits per heavy atom. The number of aryl methyl sites for hydroxylation is 1. The summed E-state index contributed by atoms with van der Waals surface area (Å²) in [6.45, 7) is 14.4. The Bertz CT molecular complexity index is 2770. The van der Waals surface area contributed by atoms with Crippen LogP contribution < -0.4 is 21.3 Å². The normalized spacial score (nSPS) is 17.2. The van der Waals surface area contributed by atoms with Crippen LogP contribution in [0.3, 0.4) is 0 Å². The van der Waals surface area contributed by atoms with Gasteiger partial charge in [-0.05, 0) is 88.9 Å². The van der Waals surface area contributed by atoms with Gasteiger partial charge >= 0.3 is 6.03 Å². The Hall–Kier alpha value is -6.41. The van der Waals surface area contributed by atoms with Crippen molar-refractivity contribution in [3.8, 4) is 10.4 Å². The molecule has 1 saturated heterocycles. The van der Waals surface area contributed by atoms with E-state index in [9.17, 15) is 33.9 Å². The fourth-order valence-electron chi connectivity index (χ4n) is 9.58. The topological polar surface area (TPSA) is 222 Å². The van der Waals surface area contributed by atoms with E-state index in [0.29, 0.717) is 48.4 Å². The number of benzene rings is 3. The quantitative estimate of drug-likeness (QED) is 0.0379.